The van der Waals surface area contributed by atoms with Crippen LogP contribution in [0.25, 0.3) is 0 Å². The molecule has 3 atom stereocenters. The molecule has 1 saturated heterocycles. The van der Waals surface area contributed by atoms with Gasteiger partial charge in [0, 0.05) is 6.04 Å². The maximum Gasteiger partial charge on any atom is 0.0102 e. The third-order valence-electron chi connectivity index (χ3n) is 2.81. The second kappa shape index (κ2) is 1.98. The maximum absolute atomic E-state index is 3.55. The highest BCUT2D eigenvalue weighted by Crippen LogP contribution is 2.40. The summed E-state index contributed by atoms with van der Waals surface area (Å²) in [6, 6.07) is 0.919. The van der Waals surface area contributed by atoms with Gasteiger partial charge >= 0.3 is 0 Å². The number of fused-ring (bicyclic) bond motifs is 1. The van der Waals surface area contributed by atoms with Crippen LogP contribution in [0, 0.1) is 11.8 Å². The van der Waals surface area contributed by atoms with Crippen molar-refractivity contribution in [1.82, 2.24) is 5.32 Å². The summed E-state index contributed by atoms with van der Waals surface area (Å²) in [4.78, 5) is 0. The van der Waals surface area contributed by atoms with Crippen LogP contribution in [0.15, 0.2) is 0 Å². The van der Waals surface area contributed by atoms with Crippen molar-refractivity contribution in [3.8, 4) is 0 Å². The summed E-state index contributed by atoms with van der Waals surface area (Å²) < 4.78 is 0. The SMILES string of the molecule is CC1CCCNC2CC12. The Morgan fingerprint density at radius 1 is 1.44 bits per heavy atom. The zero-order chi connectivity index (χ0) is 6.27. The fourth-order valence-corrected chi connectivity index (χ4v) is 2.00. The predicted molar refractivity (Wildman–Crippen MR) is 38.3 cm³/mol. The maximum atomic E-state index is 3.55. The van der Waals surface area contributed by atoms with Gasteiger partial charge in [-0.3, -0.25) is 0 Å². The highest BCUT2D eigenvalue weighted by atomic mass is 15.0. The van der Waals surface area contributed by atoms with Gasteiger partial charge in [-0.1, -0.05) is 6.92 Å². The van der Waals surface area contributed by atoms with Gasteiger partial charge in [0.15, 0.2) is 0 Å². The van der Waals surface area contributed by atoms with Gasteiger partial charge in [0.25, 0.3) is 0 Å². The Labute approximate surface area is 56.8 Å². The van der Waals surface area contributed by atoms with Crippen LogP contribution in [0.2, 0.25) is 0 Å². The van der Waals surface area contributed by atoms with E-state index < -0.39 is 0 Å². The van der Waals surface area contributed by atoms with Crippen molar-refractivity contribution in [3.05, 3.63) is 0 Å². The van der Waals surface area contributed by atoms with E-state index in [0.717, 1.165) is 17.9 Å². The highest BCUT2D eigenvalue weighted by molar-refractivity contribution is 4.97. The summed E-state index contributed by atoms with van der Waals surface area (Å²) in [5.41, 5.74) is 0. The molecule has 0 amide bonds. The van der Waals surface area contributed by atoms with Crippen LogP contribution in [0.5, 0.6) is 0 Å². The van der Waals surface area contributed by atoms with E-state index in [1.807, 2.05) is 0 Å². The molecule has 0 aromatic carbocycles. The van der Waals surface area contributed by atoms with Gasteiger partial charge in [-0.05, 0) is 37.6 Å². The van der Waals surface area contributed by atoms with Crippen LogP contribution in [0.4, 0.5) is 0 Å². The molecule has 1 heteroatoms. The van der Waals surface area contributed by atoms with E-state index in [4.69, 9.17) is 0 Å². The Bertz CT molecular complexity index is 111. The molecular weight excluding hydrogens is 110 g/mol. The van der Waals surface area contributed by atoms with Gasteiger partial charge in [0.2, 0.25) is 0 Å². The number of rotatable bonds is 0. The van der Waals surface area contributed by atoms with Crippen LogP contribution in [0.3, 0.4) is 0 Å². The van der Waals surface area contributed by atoms with Crippen molar-refractivity contribution in [2.75, 3.05) is 6.54 Å². The van der Waals surface area contributed by atoms with Gasteiger partial charge in [-0.25, -0.2) is 0 Å². The van der Waals surface area contributed by atoms with Crippen LogP contribution in [-0.4, -0.2) is 12.6 Å². The minimum Gasteiger partial charge on any atom is -0.314 e. The van der Waals surface area contributed by atoms with Crippen molar-refractivity contribution < 1.29 is 0 Å². The molecule has 0 spiro atoms. The number of hydrogen-bond acceptors (Lipinski definition) is 1. The van der Waals surface area contributed by atoms with Crippen molar-refractivity contribution in [2.45, 2.75) is 32.2 Å². The summed E-state index contributed by atoms with van der Waals surface area (Å²) in [5, 5.41) is 3.55. The van der Waals surface area contributed by atoms with Gasteiger partial charge in [-0.2, -0.15) is 0 Å². The van der Waals surface area contributed by atoms with Gasteiger partial charge in [-0.15, -0.1) is 0 Å². The Hall–Kier alpha value is -0.0400. The van der Waals surface area contributed by atoms with Crippen LogP contribution >= 0.6 is 0 Å². The van der Waals surface area contributed by atoms with E-state index in [1.165, 1.54) is 25.8 Å². The molecular formula is C8H15N. The first-order chi connectivity index (χ1) is 4.38. The monoisotopic (exact) mass is 125 g/mol. The van der Waals surface area contributed by atoms with Gasteiger partial charge < -0.3 is 5.32 Å². The molecule has 3 unspecified atom stereocenters. The lowest BCUT2D eigenvalue weighted by molar-refractivity contribution is 0.473. The molecule has 9 heavy (non-hydrogen) atoms. The van der Waals surface area contributed by atoms with Gasteiger partial charge in [0.1, 0.15) is 0 Å². The zero-order valence-corrected chi connectivity index (χ0v) is 6.06. The lowest BCUT2D eigenvalue weighted by atomic mass is 10.0. The summed E-state index contributed by atoms with van der Waals surface area (Å²) in [6.45, 7) is 3.67. The third kappa shape index (κ3) is 0.983. The average molecular weight is 125 g/mol. The molecule has 0 bridgehead atoms. The molecule has 2 aliphatic rings. The van der Waals surface area contributed by atoms with Crippen molar-refractivity contribution >= 4 is 0 Å². The molecule has 2 fully saturated rings. The molecule has 1 N–H and O–H groups in total. The van der Waals surface area contributed by atoms with Crippen LogP contribution in [-0.2, 0) is 0 Å². The summed E-state index contributed by atoms with van der Waals surface area (Å²) in [5.74, 6) is 2.05. The van der Waals surface area contributed by atoms with E-state index in [9.17, 15) is 0 Å². The fraction of sp³-hybridized carbons (Fsp3) is 1.00. The minimum absolute atomic E-state index is 0.919. The average Bonchev–Trinajstić information content (AvgIpc) is 2.55. The van der Waals surface area contributed by atoms with E-state index in [-0.39, 0.29) is 0 Å². The first-order valence-corrected chi connectivity index (χ1v) is 4.11. The van der Waals surface area contributed by atoms with Crippen molar-refractivity contribution in [3.63, 3.8) is 0 Å². The molecule has 1 saturated carbocycles. The number of nitrogens with one attached hydrogen (secondary N) is 1. The molecule has 0 aromatic heterocycles. The molecule has 1 aliphatic carbocycles. The standard InChI is InChI=1S/C8H15N/c1-6-3-2-4-9-8-5-7(6)8/h6-9H,2-5H2,1H3. The largest absolute Gasteiger partial charge is 0.314 e. The van der Waals surface area contributed by atoms with E-state index in [0.29, 0.717) is 0 Å². The van der Waals surface area contributed by atoms with E-state index in [2.05, 4.69) is 12.2 Å². The normalized spacial score (nSPS) is 49.7. The van der Waals surface area contributed by atoms with Gasteiger partial charge in [0.05, 0.1) is 0 Å². The molecule has 0 radical (unpaired) electrons. The van der Waals surface area contributed by atoms with Crippen LogP contribution < -0.4 is 5.32 Å². The van der Waals surface area contributed by atoms with E-state index >= 15 is 0 Å². The molecule has 1 aliphatic heterocycles. The topological polar surface area (TPSA) is 12.0 Å². The van der Waals surface area contributed by atoms with Crippen molar-refractivity contribution in [1.29, 1.82) is 0 Å². The molecule has 2 rings (SSSR count). The summed E-state index contributed by atoms with van der Waals surface area (Å²) in [7, 11) is 0. The Morgan fingerprint density at radius 2 is 2.33 bits per heavy atom. The first-order valence-electron chi connectivity index (χ1n) is 4.11. The molecule has 52 valence electrons. The fourth-order valence-electron chi connectivity index (χ4n) is 2.00. The smallest absolute Gasteiger partial charge is 0.0102 e. The number of hydrogen-bond donors (Lipinski definition) is 1. The highest BCUT2D eigenvalue weighted by Gasteiger charge is 2.41. The minimum atomic E-state index is 0.919. The Kier molecular flexibility index (Phi) is 1.26. The van der Waals surface area contributed by atoms with E-state index in [1.54, 1.807) is 0 Å². The Morgan fingerprint density at radius 3 is 3.22 bits per heavy atom. The quantitative estimate of drug-likeness (QED) is 0.516. The first kappa shape index (κ1) is 5.72. The summed E-state index contributed by atoms with van der Waals surface area (Å²) >= 11 is 0. The second-order valence-electron chi connectivity index (χ2n) is 3.58. The zero-order valence-electron chi connectivity index (χ0n) is 6.06. The third-order valence-corrected chi connectivity index (χ3v) is 2.81. The molecule has 0 aromatic rings. The lowest BCUT2D eigenvalue weighted by Gasteiger charge is -2.04. The Balaban J connectivity index is 1.96. The molecule has 1 heterocycles. The summed E-state index contributed by atoms with van der Waals surface area (Å²) in [6.07, 6.45) is 4.31. The lowest BCUT2D eigenvalue weighted by Crippen LogP contribution is -2.17. The molecule has 1 nitrogen and oxygen atoms in total. The van der Waals surface area contributed by atoms with Crippen LogP contribution in [0.1, 0.15) is 26.2 Å². The van der Waals surface area contributed by atoms with Crippen molar-refractivity contribution in [2.24, 2.45) is 11.8 Å². The predicted octanol–water partition coefficient (Wildman–Crippen LogP) is 1.39. The second-order valence-corrected chi connectivity index (χ2v) is 3.58.